The highest BCUT2D eigenvalue weighted by atomic mass is 16.3. The Labute approximate surface area is 159 Å². The van der Waals surface area contributed by atoms with E-state index in [0.717, 1.165) is 24.7 Å². The number of hydrogen-bond acceptors (Lipinski definition) is 2. The van der Waals surface area contributed by atoms with Crippen LogP contribution < -0.4 is 0 Å². The Balaban J connectivity index is 1.35. The van der Waals surface area contributed by atoms with Crippen molar-refractivity contribution >= 4 is 0 Å². The normalized spacial score (nSPS) is 48.8. The number of allylic oxidation sites excluding steroid dienone is 3. The highest BCUT2D eigenvalue weighted by Crippen LogP contribution is 2.83. The Bertz CT molecular complexity index is 616. The maximum absolute atomic E-state index is 9.95. The maximum atomic E-state index is 9.95. The summed E-state index contributed by atoms with van der Waals surface area (Å²) in [6.07, 6.45) is 19.1. The molecule has 0 radical (unpaired) electrons. The van der Waals surface area contributed by atoms with E-state index in [1.165, 1.54) is 83.0 Å². The van der Waals surface area contributed by atoms with E-state index in [2.05, 4.69) is 24.0 Å². The Morgan fingerprint density at radius 2 is 1.88 bits per heavy atom. The van der Waals surface area contributed by atoms with Crippen LogP contribution in [-0.4, -0.2) is 35.7 Å². The van der Waals surface area contributed by atoms with Gasteiger partial charge in [-0.2, -0.15) is 0 Å². The second-order valence-corrected chi connectivity index (χ2v) is 10.3. The summed E-state index contributed by atoms with van der Waals surface area (Å²) in [6.45, 7) is 6.70. The third-order valence-electron chi connectivity index (χ3n) is 9.06. The zero-order valence-corrected chi connectivity index (χ0v) is 16.7. The molecule has 0 amide bonds. The number of aliphatic hydroxyl groups excluding tert-OH is 1. The standard InChI is InChI=1S/C24H37NO/c1-23(17-25-14-2-3-15-25)22-12-11-21-19(7-5-13-24(21,22)23)10-9-18-6-4-8-20(26)16-18/h9-10,20-22,26H,2-8,11-17H2,1H3/b18-9-,19-10+/t20?,21?,22?,23-,24?/m1/s1. The minimum Gasteiger partial charge on any atom is -0.393 e. The minimum absolute atomic E-state index is 0.0888. The average Bonchev–Trinajstić information content (AvgIpc) is 3.08. The first kappa shape index (κ1) is 17.5. The summed E-state index contributed by atoms with van der Waals surface area (Å²) in [4.78, 5) is 2.77. The zero-order valence-electron chi connectivity index (χ0n) is 16.7. The van der Waals surface area contributed by atoms with Gasteiger partial charge >= 0.3 is 0 Å². The molecule has 0 bridgehead atoms. The summed E-state index contributed by atoms with van der Waals surface area (Å²) in [5.41, 5.74) is 4.48. The van der Waals surface area contributed by atoms with Crippen LogP contribution in [0.1, 0.15) is 77.6 Å². The molecule has 5 rings (SSSR count). The lowest BCUT2D eigenvalue weighted by atomic mass is 9.69. The van der Waals surface area contributed by atoms with Gasteiger partial charge in [-0.25, -0.2) is 0 Å². The first-order chi connectivity index (χ1) is 12.6. The van der Waals surface area contributed by atoms with E-state index in [1.54, 1.807) is 5.57 Å². The topological polar surface area (TPSA) is 23.5 Å². The van der Waals surface area contributed by atoms with Crippen LogP contribution >= 0.6 is 0 Å². The van der Waals surface area contributed by atoms with Gasteiger partial charge in [0.25, 0.3) is 0 Å². The van der Waals surface area contributed by atoms with Crippen molar-refractivity contribution in [2.75, 3.05) is 19.6 Å². The van der Waals surface area contributed by atoms with Gasteiger partial charge in [0.2, 0.25) is 0 Å². The van der Waals surface area contributed by atoms with E-state index in [1.807, 2.05) is 0 Å². The van der Waals surface area contributed by atoms with Crippen LogP contribution in [0.2, 0.25) is 0 Å². The second-order valence-electron chi connectivity index (χ2n) is 10.3. The van der Waals surface area contributed by atoms with Gasteiger partial charge in [0, 0.05) is 6.54 Å². The molecule has 5 atom stereocenters. The molecule has 1 aliphatic heterocycles. The smallest absolute Gasteiger partial charge is 0.0577 e. The SMILES string of the molecule is C[C@@]1(CN2CCCC2)C2CCC3/C(=C/C=C4/CCCC(O)C4)CCCC321. The molecule has 4 unspecified atom stereocenters. The van der Waals surface area contributed by atoms with Gasteiger partial charge in [-0.05, 0) is 106 Å². The van der Waals surface area contributed by atoms with Gasteiger partial charge in [0.1, 0.15) is 0 Å². The first-order valence-electron chi connectivity index (χ1n) is 11.4. The summed E-state index contributed by atoms with van der Waals surface area (Å²) in [7, 11) is 0. The van der Waals surface area contributed by atoms with Crippen LogP contribution in [0.4, 0.5) is 0 Å². The lowest BCUT2D eigenvalue weighted by Crippen LogP contribution is -2.35. The van der Waals surface area contributed by atoms with Crippen LogP contribution in [0.25, 0.3) is 0 Å². The summed E-state index contributed by atoms with van der Waals surface area (Å²) < 4.78 is 0. The van der Waals surface area contributed by atoms with Gasteiger partial charge in [0.15, 0.2) is 0 Å². The van der Waals surface area contributed by atoms with Gasteiger partial charge in [-0.3, -0.25) is 0 Å². The van der Waals surface area contributed by atoms with E-state index in [9.17, 15) is 5.11 Å². The third kappa shape index (κ3) is 2.58. The monoisotopic (exact) mass is 355 g/mol. The molecule has 0 aromatic rings. The van der Waals surface area contributed by atoms with Crippen molar-refractivity contribution in [3.63, 3.8) is 0 Å². The predicted molar refractivity (Wildman–Crippen MR) is 107 cm³/mol. The molecule has 5 fully saturated rings. The van der Waals surface area contributed by atoms with Crippen molar-refractivity contribution < 1.29 is 5.11 Å². The van der Waals surface area contributed by atoms with E-state index in [4.69, 9.17) is 0 Å². The van der Waals surface area contributed by atoms with Crippen molar-refractivity contribution in [1.29, 1.82) is 0 Å². The molecule has 0 aromatic carbocycles. The fraction of sp³-hybridized carbons (Fsp3) is 0.833. The van der Waals surface area contributed by atoms with E-state index >= 15 is 0 Å². The molecule has 0 aromatic heterocycles. The van der Waals surface area contributed by atoms with Gasteiger partial charge in [-0.15, -0.1) is 0 Å². The summed E-state index contributed by atoms with van der Waals surface area (Å²) in [5.74, 6) is 1.85. The molecule has 2 heteroatoms. The van der Waals surface area contributed by atoms with E-state index < -0.39 is 0 Å². The number of rotatable bonds is 3. The zero-order chi connectivity index (χ0) is 17.8. The lowest BCUT2D eigenvalue weighted by Gasteiger charge is -2.38. The third-order valence-corrected chi connectivity index (χ3v) is 9.06. The molecular formula is C24H37NO. The first-order valence-corrected chi connectivity index (χ1v) is 11.4. The van der Waals surface area contributed by atoms with Crippen molar-refractivity contribution in [2.24, 2.45) is 22.7 Å². The number of nitrogens with zero attached hydrogens (tertiary/aromatic N) is 1. The number of hydrogen-bond donors (Lipinski definition) is 1. The van der Waals surface area contributed by atoms with Crippen LogP contribution in [0.3, 0.4) is 0 Å². The Hall–Kier alpha value is -0.600. The van der Waals surface area contributed by atoms with E-state index in [0.29, 0.717) is 10.8 Å². The lowest BCUT2D eigenvalue weighted by molar-refractivity contribution is 0.149. The van der Waals surface area contributed by atoms with E-state index in [-0.39, 0.29) is 6.10 Å². The molecule has 26 heavy (non-hydrogen) atoms. The maximum Gasteiger partial charge on any atom is 0.0577 e. The van der Waals surface area contributed by atoms with Crippen LogP contribution in [0.5, 0.6) is 0 Å². The average molecular weight is 356 g/mol. The van der Waals surface area contributed by atoms with Crippen LogP contribution in [-0.2, 0) is 0 Å². The molecule has 4 aliphatic carbocycles. The van der Waals surface area contributed by atoms with Crippen molar-refractivity contribution in [1.82, 2.24) is 4.90 Å². The molecule has 2 nitrogen and oxygen atoms in total. The Morgan fingerprint density at radius 1 is 1.04 bits per heavy atom. The van der Waals surface area contributed by atoms with Crippen molar-refractivity contribution in [3.8, 4) is 0 Å². The second kappa shape index (κ2) is 6.48. The highest BCUT2D eigenvalue weighted by molar-refractivity contribution is 5.35. The van der Waals surface area contributed by atoms with Gasteiger partial charge in [0.05, 0.1) is 6.10 Å². The fourth-order valence-corrected chi connectivity index (χ4v) is 7.92. The van der Waals surface area contributed by atoms with Crippen molar-refractivity contribution in [3.05, 3.63) is 23.3 Å². The number of likely N-dealkylation sites (tertiary alicyclic amines) is 1. The molecule has 144 valence electrons. The molecule has 1 saturated heterocycles. The minimum atomic E-state index is -0.0888. The highest BCUT2D eigenvalue weighted by Gasteiger charge is 2.78. The number of aliphatic hydroxyl groups is 1. The van der Waals surface area contributed by atoms with Crippen molar-refractivity contribution in [2.45, 2.75) is 83.7 Å². The van der Waals surface area contributed by atoms with Gasteiger partial charge in [-0.1, -0.05) is 30.2 Å². The Morgan fingerprint density at radius 3 is 2.69 bits per heavy atom. The molecule has 1 spiro atoms. The summed E-state index contributed by atoms with van der Waals surface area (Å²) in [6, 6.07) is 0. The summed E-state index contributed by atoms with van der Waals surface area (Å²) in [5, 5.41) is 9.95. The molecular weight excluding hydrogens is 318 g/mol. The largest absolute Gasteiger partial charge is 0.393 e. The fourth-order valence-electron chi connectivity index (χ4n) is 7.92. The quantitative estimate of drug-likeness (QED) is 0.762. The van der Waals surface area contributed by atoms with Crippen LogP contribution in [0, 0.1) is 22.7 Å². The predicted octanol–water partition coefficient (Wildman–Crippen LogP) is 5.09. The Kier molecular flexibility index (Phi) is 4.36. The molecule has 1 N–H and O–H groups in total. The summed E-state index contributed by atoms with van der Waals surface area (Å²) >= 11 is 0. The molecule has 5 aliphatic rings. The molecule has 1 heterocycles. The van der Waals surface area contributed by atoms with Crippen LogP contribution in [0.15, 0.2) is 23.3 Å². The molecule has 4 saturated carbocycles. The van der Waals surface area contributed by atoms with Gasteiger partial charge < -0.3 is 10.0 Å².